The highest BCUT2D eigenvalue weighted by atomic mass is 16.1. The summed E-state index contributed by atoms with van der Waals surface area (Å²) in [5.41, 5.74) is 2.47. The quantitative estimate of drug-likeness (QED) is 0.729. The van der Waals surface area contributed by atoms with Crippen molar-refractivity contribution in [2.75, 3.05) is 48.8 Å². The lowest BCUT2D eigenvalue weighted by molar-refractivity contribution is -0.114. The van der Waals surface area contributed by atoms with Crippen LogP contribution in [0, 0.1) is 0 Å². The molecule has 1 amide bonds. The zero-order valence-corrected chi connectivity index (χ0v) is 16.1. The Hall–Kier alpha value is -3.19. The lowest BCUT2D eigenvalue weighted by atomic mass is 10.2. The molecule has 7 heteroatoms. The van der Waals surface area contributed by atoms with Crippen LogP contribution in [0.4, 0.5) is 23.1 Å². The monoisotopic (exact) mass is 376 g/mol. The van der Waals surface area contributed by atoms with Crippen LogP contribution in [0.1, 0.15) is 6.92 Å². The van der Waals surface area contributed by atoms with E-state index in [1.807, 2.05) is 42.5 Å². The molecule has 1 aliphatic rings. The molecule has 28 heavy (non-hydrogen) atoms. The maximum atomic E-state index is 11.3. The van der Waals surface area contributed by atoms with Gasteiger partial charge in [0.2, 0.25) is 11.9 Å². The van der Waals surface area contributed by atoms with Gasteiger partial charge in [0.25, 0.3) is 0 Å². The van der Waals surface area contributed by atoms with Gasteiger partial charge in [-0.15, -0.1) is 0 Å². The van der Waals surface area contributed by atoms with Gasteiger partial charge in [-0.3, -0.25) is 4.79 Å². The first-order chi connectivity index (χ1) is 13.6. The Kier molecular flexibility index (Phi) is 5.08. The lowest BCUT2D eigenvalue weighted by Gasteiger charge is -2.33. The summed E-state index contributed by atoms with van der Waals surface area (Å²) in [4.78, 5) is 25.5. The van der Waals surface area contributed by atoms with E-state index in [4.69, 9.17) is 4.98 Å². The fourth-order valence-corrected chi connectivity index (χ4v) is 3.38. The predicted molar refractivity (Wildman–Crippen MR) is 113 cm³/mol. The van der Waals surface area contributed by atoms with Gasteiger partial charge in [0, 0.05) is 49.9 Å². The Morgan fingerprint density at radius 1 is 0.964 bits per heavy atom. The number of rotatable bonds is 4. The summed E-state index contributed by atoms with van der Waals surface area (Å²) in [5, 5.41) is 7.14. The highest BCUT2D eigenvalue weighted by Gasteiger charge is 2.19. The average molecular weight is 376 g/mol. The van der Waals surface area contributed by atoms with Crippen LogP contribution in [0.15, 0.2) is 48.5 Å². The zero-order chi connectivity index (χ0) is 19.5. The molecule has 0 unspecified atom stereocenters. The Labute approximate surface area is 164 Å². The summed E-state index contributed by atoms with van der Waals surface area (Å²) in [6.07, 6.45) is 0. The minimum atomic E-state index is -0.101. The Morgan fingerprint density at radius 2 is 1.71 bits per heavy atom. The molecule has 2 heterocycles. The number of nitrogens with zero attached hydrogens (tertiary/aromatic N) is 4. The summed E-state index contributed by atoms with van der Waals surface area (Å²) in [6.45, 7) is 5.40. The largest absolute Gasteiger partial charge is 0.353 e. The van der Waals surface area contributed by atoms with Crippen molar-refractivity contribution >= 4 is 40.0 Å². The van der Waals surface area contributed by atoms with Crippen molar-refractivity contribution in [3.63, 3.8) is 0 Å². The molecule has 2 N–H and O–H groups in total. The Bertz CT molecular complexity index is 997. The average Bonchev–Trinajstić information content (AvgIpc) is 2.68. The first kappa shape index (κ1) is 18.2. The van der Waals surface area contributed by atoms with E-state index in [0.717, 1.165) is 54.3 Å². The summed E-state index contributed by atoms with van der Waals surface area (Å²) < 4.78 is 0. The summed E-state index contributed by atoms with van der Waals surface area (Å²) in [7, 11) is 2.14. The molecule has 0 atom stereocenters. The van der Waals surface area contributed by atoms with Crippen LogP contribution in [0.3, 0.4) is 0 Å². The molecule has 0 bridgehead atoms. The van der Waals surface area contributed by atoms with E-state index in [9.17, 15) is 4.79 Å². The molecule has 1 fully saturated rings. The number of anilines is 4. The number of aromatic nitrogens is 2. The van der Waals surface area contributed by atoms with Crippen molar-refractivity contribution in [2.24, 2.45) is 0 Å². The van der Waals surface area contributed by atoms with E-state index in [1.54, 1.807) is 0 Å². The molecule has 7 nitrogen and oxygen atoms in total. The van der Waals surface area contributed by atoms with Gasteiger partial charge in [0.15, 0.2) is 0 Å². The molecule has 0 radical (unpaired) electrons. The van der Waals surface area contributed by atoms with Crippen LogP contribution in [-0.2, 0) is 4.79 Å². The number of carbonyl (C=O) groups excluding carboxylic acids is 1. The fourth-order valence-electron chi connectivity index (χ4n) is 3.38. The van der Waals surface area contributed by atoms with E-state index in [2.05, 4.69) is 38.5 Å². The van der Waals surface area contributed by atoms with Crippen LogP contribution in [-0.4, -0.2) is 54.0 Å². The number of hydrogen-bond acceptors (Lipinski definition) is 6. The number of piperazine rings is 1. The number of amides is 1. The number of likely N-dealkylation sites (N-methyl/N-ethyl adjacent to an activating group) is 1. The van der Waals surface area contributed by atoms with Crippen molar-refractivity contribution in [3.8, 4) is 0 Å². The molecule has 4 rings (SSSR count). The number of para-hydroxylation sites is 1. The second-order valence-corrected chi connectivity index (χ2v) is 7.07. The van der Waals surface area contributed by atoms with Crippen molar-refractivity contribution in [1.82, 2.24) is 14.9 Å². The molecule has 0 aliphatic carbocycles. The highest BCUT2D eigenvalue weighted by Crippen LogP contribution is 2.27. The highest BCUT2D eigenvalue weighted by molar-refractivity contribution is 5.91. The zero-order valence-electron chi connectivity index (χ0n) is 16.1. The summed E-state index contributed by atoms with van der Waals surface area (Å²) >= 11 is 0. The standard InChI is InChI=1S/C21H24N6O/c1-15(28)22-16-6-5-7-17(14-16)23-21-24-19-9-4-3-8-18(19)20(25-21)27-12-10-26(2)11-13-27/h3-9,14H,10-13H2,1-2H3,(H,22,28)(H,23,24,25). The first-order valence-electron chi connectivity index (χ1n) is 9.43. The van der Waals surface area contributed by atoms with Crippen molar-refractivity contribution < 1.29 is 4.79 Å². The third kappa shape index (κ3) is 4.04. The van der Waals surface area contributed by atoms with Crippen LogP contribution < -0.4 is 15.5 Å². The van der Waals surface area contributed by atoms with Gasteiger partial charge in [-0.2, -0.15) is 4.98 Å². The maximum absolute atomic E-state index is 11.3. The third-order valence-corrected chi connectivity index (χ3v) is 4.83. The van der Waals surface area contributed by atoms with E-state index < -0.39 is 0 Å². The smallest absolute Gasteiger partial charge is 0.229 e. The normalized spacial score (nSPS) is 14.9. The molecule has 2 aromatic carbocycles. The second kappa shape index (κ2) is 7.82. The molecule has 3 aromatic rings. The number of benzene rings is 2. The molecule has 1 aliphatic heterocycles. The number of hydrogen-bond donors (Lipinski definition) is 2. The molecule has 1 saturated heterocycles. The van der Waals surface area contributed by atoms with Gasteiger partial charge < -0.3 is 20.4 Å². The molecule has 144 valence electrons. The van der Waals surface area contributed by atoms with Crippen molar-refractivity contribution in [2.45, 2.75) is 6.92 Å². The van der Waals surface area contributed by atoms with E-state index in [0.29, 0.717) is 5.95 Å². The number of nitrogens with one attached hydrogen (secondary N) is 2. The third-order valence-electron chi connectivity index (χ3n) is 4.83. The van der Waals surface area contributed by atoms with Gasteiger partial charge in [0.05, 0.1) is 5.52 Å². The predicted octanol–water partition coefficient (Wildman–Crippen LogP) is 3.08. The molecule has 0 saturated carbocycles. The molecule has 0 spiro atoms. The Balaban J connectivity index is 1.67. The SMILES string of the molecule is CC(=O)Nc1cccc(Nc2nc(N3CCN(C)CC3)c3ccccc3n2)c1. The minimum Gasteiger partial charge on any atom is -0.353 e. The topological polar surface area (TPSA) is 73.4 Å². The first-order valence-corrected chi connectivity index (χ1v) is 9.43. The number of carbonyl (C=O) groups is 1. The van der Waals surface area contributed by atoms with Gasteiger partial charge in [-0.25, -0.2) is 4.98 Å². The van der Waals surface area contributed by atoms with Gasteiger partial charge >= 0.3 is 0 Å². The van der Waals surface area contributed by atoms with E-state index in [-0.39, 0.29) is 5.91 Å². The van der Waals surface area contributed by atoms with Gasteiger partial charge in [-0.05, 0) is 37.4 Å². The Morgan fingerprint density at radius 3 is 2.50 bits per heavy atom. The second-order valence-electron chi connectivity index (χ2n) is 7.07. The van der Waals surface area contributed by atoms with E-state index in [1.165, 1.54) is 6.92 Å². The van der Waals surface area contributed by atoms with Crippen LogP contribution in [0.25, 0.3) is 10.9 Å². The maximum Gasteiger partial charge on any atom is 0.229 e. The van der Waals surface area contributed by atoms with Crippen LogP contribution in [0.5, 0.6) is 0 Å². The lowest BCUT2D eigenvalue weighted by Crippen LogP contribution is -2.45. The van der Waals surface area contributed by atoms with Crippen molar-refractivity contribution in [3.05, 3.63) is 48.5 Å². The van der Waals surface area contributed by atoms with Crippen LogP contribution in [0.2, 0.25) is 0 Å². The summed E-state index contributed by atoms with van der Waals surface area (Å²) in [5.74, 6) is 1.41. The number of fused-ring (bicyclic) bond motifs is 1. The fraction of sp³-hybridized carbons (Fsp3) is 0.286. The van der Waals surface area contributed by atoms with Gasteiger partial charge in [0.1, 0.15) is 5.82 Å². The molecular weight excluding hydrogens is 352 g/mol. The minimum absolute atomic E-state index is 0.101. The van der Waals surface area contributed by atoms with E-state index >= 15 is 0 Å². The summed E-state index contributed by atoms with van der Waals surface area (Å²) in [6, 6.07) is 15.6. The molecule has 1 aromatic heterocycles. The molecular formula is C21H24N6O. The van der Waals surface area contributed by atoms with Crippen LogP contribution >= 0.6 is 0 Å². The van der Waals surface area contributed by atoms with Crippen molar-refractivity contribution in [1.29, 1.82) is 0 Å². The van der Waals surface area contributed by atoms with Gasteiger partial charge in [-0.1, -0.05) is 18.2 Å².